The van der Waals surface area contributed by atoms with Gasteiger partial charge >= 0.3 is 0 Å². The summed E-state index contributed by atoms with van der Waals surface area (Å²) in [5.74, 6) is 1.75. The maximum absolute atomic E-state index is 6.15. The Morgan fingerprint density at radius 1 is 0.739 bits per heavy atom. The first kappa shape index (κ1) is 13.7. The predicted octanol–water partition coefficient (Wildman–Crippen LogP) is 5.46. The molecule has 1 aliphatic heterocycles. The average Bonchev–Trinajstić information content (AvgIpc) is 2.53. The second-order valence-electron chi connectivity index (χ2n) is 5.97. The Balaban J connectivity index is 1.95. The van der Waals surface area contributed by atoms with Gasteiger partial charge in [0.15, 0.2) is 11.5 Å². The van der Waals surface area contributed by atoms with Gasteiger partial charge in [0.25, 0.3) is 0 Å². The maximum Gasteiger partial charge on any atom is 0.151 e. The molecule has 4 rings (SSSR count). The summed E-state index contributed by atoms with van der Waals surface area (Å²) in [6.07, 6.45) is 0. The predicted molar refractivity (Wildman–Crippen MR) is 95.1 cm³/mol. The highest BCUT2D eigenvalue weighted by Crippen LogP contribution is 2.50. The summed E-state index contributed by atoms with van der Waals surface area (Å²) in [7, 11) is 0. The summed E-state index contributed by atoms with van der Waals surface area (Å²) < 4.78 is 6.15. The van der Waals surface area contributed by atoms with Crippen LogP contribution in [0.15, 0.2) is 60.7 Å². The zero-order valence-electron chi connectivity index (χ0n) is 13.2. The van der Waals surface area contributed by atoms with E-state index in [-0.39, 0.29) is 0 Å². The van der Waals surface area contributed by atoms with Crippen LogP contribution in [0.25, 0.3) is 0 Å². The van der Waals surface area contributed by atoms with E-state index in [0.29, 0.717) is 0 Å². The summed E-state index contributed by atoms with van der Waals surface area (Å²) in [6, 6.07) is 20.5. The smallest absolute Gasteiger partial charge is 0.151 e. The van der Waals surface area contributed by atoms with E-state index in [2.05, 4.69) is 55.1 Å². The number of nitrogens with zero attached hydrogens (tertiary/aromatic N) is 1. The summed E-state index contributed by atoms with van der Waals surface area (Å²) >= 11 is 0. The van der Waals surface area contributed by atoms with Crippen LogP contribution in [-0.2, 0) is 0 Å². The lowest BCUT2D eigenvalue weighted by molar-refractivity contribution is 0.476. The molecule has 0 unspecified atom stereocenters. The lowest BCUT2D eigenvalue weighted by Gasteiger charge is -2.33. The molecule has 0 aromatic heterocycles. The molecule has 3 aromatic carbocycles. The van der Waals surface area contributed by atoms with Crippen molar-refractivity contribution in [3.05, 3.63) is 71.8 Å². The van der Waals surface area contributed by atoms with Gasteiger partial charge in [-0.15, -0.1) is 0 Å². The Hall–Kier alpha value is -2.94. The second-order valence-corrected chi connectivity index (χ2v) is 5.97. The summed E-state index contributed by atoms with van der Waals surface area (Å²) in [4.78, 5) is 2.21. The molecule has 114 valence electrons. The Morgan fingerprint density at radius 3 is 1.78 bits per heavy atom. The molecular formula is C20H18N2O. The minimum Gasteiger partial charge on any atom is -0.453 e. The Kier molecular flexibility index (Phi) is 3.01. The molecule has 0 aliphatic carbocycles. The molecule has 3 nitrogen and oxygen atoms in total. The first-order valence-electron chi connectivity index (χ1n) is 7.67. The van der Waals surface area contributed by atoms with Crippen molar-refractivity contribution in [3.8, 4) is 11.5 Å². The molecule has 1 aliphatic rings. The molecule has 1 heterocycles. The van der Waals surface area contributed by atoms with E-state index >= 15 is 0 Å². The molecule has 2 N–H and O–H groups in total. The normalized spacial score (nSPS) is 12.3. The minimum absolute atomic E-state index is 0.760. The number of fused-ring (bicyclic) bond motifs is 2. The Morgan fingerprint density at radius 2 is 1.26 bits per heavy atom. The largest absolute Gasteiger partial charge is 0.453 e. The van der Waals surface area contributed by atoms with E-state index < -0.39 is 0 Å². The van der Waals surface area contributed by atoms with Crippen molar-refractivity contribution in [1.29, 1.82) is 0 Å². The van der Waals surface area contributed by atoms with Crippen LogP contribution < -0.4 is 15.4 Å². The van der Waals surface area contributed by atoms with Gasteiger partial charge in [0.05, 0.1) is 11.4 Å². The maximum atomic E-state index is 6.15. The topological polar surface area (TPSA) is 38.5 Å². The van der Waals surface area contributed by atoms with Crippen molar-refractivity contribution in [2.24, 2.45) is 0 Å². The fourth-order valence-electron chi connectivity index (χ4n) is 2.93. The van der Waals surface area contributed by atoms with Crippen LogP contribution in [0.5, 0.6) is 11.5 Å². The number of nitrogens with two attached hydrogens (primary N) is 1. The lowest BCUT2D eigenvalue weighted by atomic mass is 10.1. The van der Waals surface area contributed by atoms with E-state index in [0.717, 1.165) is 34.2 Å². The van der Waals surface area contributed by atoms with Gasteiger partial charge in [0, 0.05) is 11.4 Å². The third-order valence-electron chi connectivity index (χ3n) is 4.08. The molecule has 3 aromatic rings. The Labute approximate surface area is 135 Å². The highest BCUT2D eigenvalue weighted by atomic mass is 16.5. The highest BCUT2D eigenvalue weighted by molar-refractivity contribution is 5.86. The van der Waals surface area contributed by atoms with E-state index in [9.17, 15) is 0 Å². The number of rotatable bonds is 1. The molecule has 0 radical (unpaired) electrons. The van der Waals surface area contributed by atoms with Gasteiger partial charge in [-0.2, -0.15) is 0 Å². The van der Waals surface area contributed by atoms with Crippen LogP contribution in [-0.4, -0.2) is 0 Å². The molecular weight excluding hydrogens is 284 g/mol. The number of aryl methyl sites for hydroxylation is 2. The SMILES string of the molecule is Cc1ccc2c(c1)Oc1cc(C)ccc1N2c1ccc(N)cc1. The first-order valence-corrected chi connectivity index (χ1v) is 7.67. The van der Waals surface area contributed by atoms with Gasteiger partial charge in [-0.3, -0.25) is 0 Å². The summed E-state index contributed by atoms with van der Waals surface area (Å²) in [5, 5.41) is 0. The number of hydrogen-bond donors (Lipinski definition) is 1. The van der Waals surface area contributed by atoms with Crippen molar-refractivity contribution in [3.63, 3.8) is 0 Å². The number of anilines is 4. The third kappa shape index (κ3) is 2.30. The fraction of sp³-hybridized carbons (Fsp3) is 0.100. The van der Waals surface area contributed by atoms with E-state index in [1.165, 1.54) is 11.1 Å². The number of benzene rings is 3. The van der Waals surface area contributed by atoms with Crippen molar-refractivity contribution < 1.29 is 4.74 Å². The average molecular weight is 302 g/mol. The van der Waals surface area contributed by atoms with Gasteiger partial charge in [-0.05, 0) is 73.5 Å². The van der Waals surface area contributed by atoms with Crippen molar-refractivity contribution in [2.45, 2.75) is 13.8 Å². The van der Waals surface area contributed by atoms with Crippen LogP contribution in [0.2, 0.25) is 0 Å². The van der Waals surface area contributed by atoms with Crippen LogP contribution in [0.1, 0.15) is 11.1 Å². The van der Waals surface area contributed by atoms with Gasteiger partial charge in [-0.25, -0.2) is 0 Å². The van der Waals surface area contributed by atoms with Crippen molar-refractivity contribution in [2.75, 3.05) is 10.6 Å². The molecule has 0 atom stereocenters. The molecule has 0 spiro atoms. The number of hydrogen-bond acceptors (Lipinski definition) is 3. The quantitative estimate of drug-likeness (QED) is 0.474. The molecule has 0 amide bonds. The van der Waals surface area contributed by atoms with Gasteiger partial charge in [-0.1, -0.05) is 12.1 Å². The Bertz CT molecular complexity index is 833. The number of ether oxygens (including phenoxy) is 1. The molecule has 0 saturated heterocycles. The molecule has 3 heteroatoms. The van der Waals surface area contributed by atoms with Crippen molar-refractivity contribution in [1.82, 2.24) is 0 Å². The monoisotopic (exact) mass is 302 g/mol. The van der Waals surface area contributed by atoms with Gasteiger partial charge in [0.2, 0.25) is 0 Å². The van der Waals surface area contributed by atoms with Crippen LogP contribution in [0.3, 0.4) is 0 Å². The lowest BCUT2D eigenvalue weighted by Crippen LogP contribution is -2.16. The molecule has 0 bridgehead atoms. The van der Waals surface area contributed by atoms with E-state index in [1.807, 2.05) is 24.3 Å². The second kappa shape index (κ2) is 5.06. The van der Waals surface area contributed by atoms with E-state index in [1.54, 1.807) is 0 Å². The zero-order chi connectivity index (χ0) is 16.0. The molecule has 23 heavy (non-hydrogen) atoms. The summed E-state index contributed by atoms with van der Waals surface area (Å²) in [6.45, 7) is 4.14. The first-order chi connectivity index (χ1) is 11.1. The summed E-state index contributed by atoms with van der Waals surface area (Å²) in [5.41, 5.74) is 12.1. The highest BCUT2D eigenvalue weighted by Gasteiger charge is 2.25. The minimum atomic E-state index is 0.760. The molecule has 0 saturated carbocycles. The van der Waals surface area contributed by atoms with Gasteiger partial charge < -0.3 is 15.4 Å². The molecule has 0 fully saturated rings. The standard InChI is InChI=1S/C20H18N2O/c1-13-3-9-17-19(11-13)23-20-12-14(2)4-10-18(20)22(17)16-7-5-15(21)6-8-16/h3-12H,21H2,1-2H3. The van der Waals surface area contributed by atoms with Crippen LogP contribution in [0, 0.1) is 13.8 Å². The van der Waals surface area contributed by atoms with E-state index in [4.69, 9.17) is 10.5 Å². The third-order valence-corrected chi connectivity index (χ3v) is 4.08. The fourth-order valence-corrected chi connectivity index (χ4v) is 2.93. The van der Waals surface area contributed by atoms with Crippen molar-refractivity contribution >= 4 is 22.7 Å². The van der Waals surface area contributed by atoms with Crippen LogP contribution >= 0.6 is 0 Å². The van der Waals surface area contributed by atoms with Crippen LogP contribution in [0.4, 0.5) is 22.7 Å². The number of nitrogen functional groups attached to an aromatic ring is 1. The van der Waals surface area contributed by atoms with Gasteiger partial charge in [0.1, 0.15) is 0 Å². The zero-order valence-corrected chi connectivity index (χ0v) is 13.2.